The number of nitrogens with two attached hydrogens (primary N) is 1. The molecule has 0 saturated carbocycles. The molecule has 0 aliphatic rings. The molecule has 0 aromatic carbocycles. The van der Waals surface area contributed by atoms with Crippen LogP contribution in [0.15, 0.2) is 4.79 Å². The van der Waals surface area contributed by atoms with Crippen molar-refractivity contribution in [2.24, 2.45) is 5.73 Å². The number of hydrogen-bond donors (Lipinski definition) is 2. The van der Waals surface area contributed by atoms with Crippen LogP contribution in [0.25, 0.3) is 10.2 Å². The molecule has 0 fully saturated rings. The lowest BCUT2D eigenvalue weighted by atomic mass is 10.2. The van der Waals surface area contributed by atoms with E-state index in [9.17, 15) is 4.79 Å². The molecule has 0 aliphatic heterocycles. The van der Waals surface area contributed by atoms with Crippen LogP contribution in [0.5, 0.6) is 0 Å². The maximum Gasteiger partial charge on any atom is 0.263 e. The number of H-pyrrole nitrogens is 1. The Morgan fingerprint density at radius 1 is 1.50 bits per heavy atom. The second kappa shape index (κ2) is 4.12. The van der Waals surface area contributed by atoms with E-state index in [1.165, 1.54) is 4.57 Å². The third-order valence-corrected chi connectivity index (χ3v) is 4.11. The summed E-state index contributed by atoms with van der Waals surface area (Å²) in [6, 6.07) is 0. The Hall–Kier alpha value is -0.980. The first kappa shape index (κ1) is 11.5. The summed E-state index contributed by atoms with van der Waals surface area (Å²) in [6.45, 7) is 4.83. The molecule has 2 aromatic rings. The fourth-order valence-electron chi connectivity index (χ4n) is 1.70. The molecule has 16 heavy (non-hydrogen) atoms. The Bertz CT molecular complexity index is 650. The number of rotatable bonds is 2. The molecular weight excluding hydrogens is 242 g/mol. The highest BCUT2D eigenvalue weighted by Crippen LogP contribution is 2.25. The van der Waals surface area contributed by atoms with Gasteiger partial charge in [0.2, 0.25) is 0 Å². The van der Waals surface area contributed by atoms with Crippen LogP contribution >= 0.6 is 23.6 Å². The molecule has 0 spiro atoms. The molecule has 86 valence electrons. The van der Waals surface area contributed by atoms with Gasteiger partial charge in [-0.3, -0.25) is 9.36 Å². The summed E-state index contributed by atoms with van der Waals surface area (Å²) in [7, 11) is 0. The lowest BCUT2D eigenvalue weighted by Crippen LogP contribution is -2.25. The highest BCUT2D eigenvalue weighted by Gasteiger charge is 2.11. The molecule has 0 atom stereocenters. The van der Waals surface area contributed by atoms with E-state index in [0.717, 1.165) is 20.7 Å². The Morgan fingerprint density at radius 3 is 2.81 bits per heavy atom. The van der Waals surface area contributed by atoms with Crippen molar-refractivity contribution in [2.45, 2.75) is 20.4 Å². The van der Waals surface area contributed by atoms with Crippen LogP contribution in [0.2, 0.25) is 0 Å². The van der Waals surface area contributed by atoms with Gasteiger partial charge in [-0.25, -0.2) is 0 Å². The van der Waals surface area contributed by atoms with Gasteiger partial charge in [0.15, 0.2) is 4.77 Å². The zero-order chi connectivity index (χ0) is 11.9. The fourth-order valence-corrected chi connectivity index (χ4v) is 3.09. The Labute approximate surface area is 102 Å². The molecular formula is C10H13N3OS2. The second-order valence-electron chi connectivity index (χ2n) is 3.66. The van der Waals surface area contributed by atoms with Gasteiger partial charge in [-0.05, 0) is 31.6 Å². The Balaban J connectivity index is 2.91. The molecule has 4 nitrogen and oxygen atoms in total. The molecule has 0 aliphatic carbocycles. The summed E-state index contributed by atoms with van der Waals surface area (Å²) in [5.41, 5.74) is 6.46. The topological polar surface area (TPSA) is 63.8 Å². The monoisotopic (exact) mass is 255 g/mol. The van der Waals surface area contributed by atoms with E-state index in [1.807, 2.05) is 13.8 Å². The maximum atomic E-state index is 12.2. The molecule has 6 heteroatoms. The van der Waals surface area contributed by atoms with Crippen molar-refractivity contribution in [3.63, 3.8) is 0 Å². The zero-order valence-electron chi connectivity index (χ0n) is 9.16. The Morgan fingerprint density at radius 2 is 2.19 bits per heavy atom. The highest BCUT2D eigenvalue weighted by atomic mass is 32.1. The molecule has 3 N–H and O–H groups in total. The van der Waals surface area contributed by atoms with Crippen LogP contribution in [0.4, 0.5) is 0 Å². The van der Waals surface area contributed by atoms with Crippen molar-refractivity contribution in [3.8, 4) is 0 Å². The predicted octanol–water partition coefficient (Wildman–Crippen LogP) is 1.70. The van der Waals surface area contributed by atoms with Crippen LogP contribution in [0.1, 0.15) is 10.4 Å². The maximum absolute atomic E-state index is 12.2. The molecule has 0 bridgehead atoms. The molecule has 0 amide bonds. The van der Waals surface area contributed by atoms with Gasteiger partial charge in [0, 0.05) is 18.0 Å². The minimum absolute atomic E-state index is 0.0361. The van der Waals surface area contributed by atoms with Crippen molar-refractivity contribution in [1.82, 2.24) is 9.55 Å². The summed E-state index contributed by atoms with van der Waals surface area (Å²) in [5.74, 6) is 0. The number of nitrogens with one attached hydrogen (secondary N) is 1. The number of hydrogen-bond acceptors (Lipinski definition) is 4. The number of aryl methyl sites for hydroxylation is 2. The SMILES string of the molecule is Cc1sc2[nH]c(=S)n(CCN)c(=O)c2c1C. The van der Waals surface area contributed by atoms with E-state index in [1.54, 1.807) is 11.3 Å². The summed E-state index contributed by atoms with van der Waals surface area (Å²) in [5, 5.41) is 0.740. The van der Waals surface area contributed by atoms with Crippen molar-refractivity contribution in [3.05, 3.63) is 25.6 Å². The smallest absolute Gasteiger partial charge is 0.263 e. The van der Waals surface area contributed by atoms with E-state index < -0.39 is 0 Å². The molecule has 0 saturated heterocycles. The van der Waals surface area contributed by atoms with Crippen molar-refractivity contribution >= 4 is 33.8 Å². The summed E-state index contributed by atoms with van der Waals surface area (Å²) >= 11 is 6.71. The third kappa shape index (κ3) is 1.63. The van der Waals surface area contributed by atoms with E-state index >= 15 is 0 Å². The van der Waals surface area contributed by atoms with Gasteiger partial charge < -0.3 is 10.7 Å². The number of thiophene rings is 1. The third-order valence-electron chi connectivity index (χ3n) is 2.66. The van der Waals surface area contributed by atoms with E-state index in [0.29, 0.717) is 17.9 Å². The molecule has 0 radical (unpaired) electrons. The minimum atomic E-state index is -0.0361. The largest absolute Gasteiger partial charge is 0.329 e. The number of aromatic amines is 1. The average Bonchev–Trinajstić information content (AvgIpc) is 2.49. The van der Waals surface area contributed by atoms with Gasteiger partial charge in [-0.15, -0.1) is 11.3 Å². The van der Waals surface area contributed by atoms with Gasteiger partial charge in [-0.2, -0.15) is 0 Å². The summed E-state index contributed by atoms with van der Waals surface area (Å²) in [4.78, 5) is 17.3. The standard InChI is InChI=1S/C10H13N3OS2/c1-5-6(2)16-8-7(5)9(14)13(4-3-11)10(15)12-8/h3-4,11H2,1-2H3,(H,12,15). The first-order chi connectivity index (χ1) is 7.56. The number of nitrogens with zero attached hydrogens (tertiary/aromatic N) is 1. The average molecular weight is 255 g/mol. The normalized spacial score (nSPS) is 11.2. The van der Waals surface area contributed by atoms with Crippen LogP contribution in [0, 0.1) is 18.6 Å². The number of aromatic nitrogens is 2. The minimum Gasteiger partial charge on any atom is -0.329 e. The van der Waals surface area contributed by atoms with Crippen molar-refractivity contribution in [2.75, 3.05) is 6.54 Å². The van der Waals surface area contributed by atoms with Gasteiger partial charge in [-0.1, -0.05) is 0 Å². The summed E-state index contributed by atoms with van der Waals surface area (Å²) in [6.07, 6.45) is 0. The molecule has 2 rings (SSSR count). The first-order valence-corrected chi connectivity index (χ1v) is 6.21. The van der Waals surface area contributed by atoms with Crippen LogP contribution in [-0.4, -0.2) is 16.1 Å². The van der Waals surface area contributed by atoms with E-state index in [-0.39, 0.29) is 5.56 Å². The second-order valence-corrected chi connectivity index (χ2v) is 5.27. The van der Waals surface area contributed by atoms with Crippen LogP contribution in [-0.2, 0) is 6.54 Å². The predicted molar refractivity (Wildman–Crippen MR) is 69.8 cm³/mol. The van der Waals surface area contributed by atoms with E-state index in [4.69, 9.17) is 18.0 Å². The quantitative estimate of drug-likeness (QED) is 0.803. The summed E-state index contributed by atoms with van der Waals surface area (Å²) < 4.78 is 1.97. The van der Waals surface area contributed by atoms with E-state index in [2.05, 4.69) is 4.98 Å². The zero-order valence-corrected chi connectivity index (χ0v) is 10.8. The lowest BCUT2D eigenvalue weighted by molar-refractivity contribution is 0.663. The lowest BCUT2D eigenvalue weighted by Gasteiger charge is -2.04. The van der Waals surface area contributed by atoms with Crippen LogP contribution in [0.3, 0.4) is 0 Å². The van der Waals surface area contributed by atoms with Crippen LogP contribution < -0.4 is 11.3 Å². The van der Waals surface area contributed by atoms with Gasteiger partial charge in [0.25, 0.3) is 5.56 Å². The van der Waals surface area contributed by atoms with Gasteiger partial charge in [0.1, 0.15) is 4.83 Å². The molecule has 2 aromatic heterocycles. The number of fused-ring (bicyclic) bond motifs is 1. The first-order valence-electron chi connectivity index (χ1n) is 4.99. The van der Waals surface area contributed by atoms with Crippen molar-refractivity contribution in [1.29, 1.82) is 0 Å². The van der Waals surface area contributed by atoms with Gasteiger partial charge in [0.05, 0.1) is 5.39 Å². The molecule has 0 unspecified atom stereocenters. The highest BCUT2D eigenvalue weighted by molar-refractivity contribution is 7.71. The molecule has 2 heterocycles. The van der Waals surface area contributed by atoms with Crippen molar-refractivity contribution < 1.29 is 0 Å². The Kier molecular flexibility index (Phi) is 2.96. The fraction of sp³-hybridized carbons (Fsp3) is 0.400. The van der Waals surface area contributed by atoms with Gasteiger partial charge >= 0.3 is 0 Å².